The molecule has 0 fully saturated rings. The number of carbonyl (C=O) groups excluding carboxylic acids is 1. The topological polar surface area (TPSA) is 78.7 Å². The lowest BCUT2D eigenvalue weighted by Gasteiger charge is -2.09. The summed E-state index contributed by atoms with van der Waals surface area (Å²) >= 11 is 0. The number of ether oxygens (including phenoxy) is 2. The van der Waals surface area contributed by atoms with Crippen LogP contribution in [0.2, 0.25) is 0 Å². The summed E-state index contributed by atoms with van der Waals surface area (Å²) in [7, 11) is 0. The summed E-state index contributed by atoms with van der Waals surface area (Å²) in [5, 5.41) is 10.9. The van der Waals surface area contributed by atoms with Crippen LogP contribution in [0.5, 0.6) is 5.75 Å². The van der Waals surface area contributed by atoms with E-state index in [9.17, 15) is 14.9 Å². The van der Waals surface area contributed by atoms with E-state index in [-0.39, 0.29) is 18.9 Å². The molecule has 0 heterocycles. The number of para-hydroxylation sites is 1. The molecule has 0 aromatic heterocycles. The summed E-state index contributed by atoms with van der Waals surface area (Å²) in [6.07, 6.45) is 3.28. The first-order chi connectivity index (χ1) is 11.6. The highest BCUT2D eigenvalue weighted by Crippen LogP contribution is 2.26. The van der Waals surface area contributed by atoms with Gasteiger partial charge in [-0.2, -0.15) is 0 Å². The van der Waals surface area contributed by atoms with Crippen LogP contribution in [0.3, 0.4) is 0 Å². The van der Waals surface area contributed by atoms with Gasteiger partial charge in [-0.3, -0.25) is 10.1 Å². The second-order valence-electron chi connectivity index (χ2n) is 5.62. The van der Waals surface area contributed by atoms with E-state index in [4.69, 9.17) is 9.47 Å². The lowest BCUT2D eigenvalue weighted by atomic mass is 10.1. The molecule has 0 atom stereocenters. The quantitative estimate of drug-likeness (QED) is 0.462. The minimum Gasteiger partial charge on any atom is -0.482 e. The van der Waals surface area contributed by atoms with E-state index in [0.717, 1.165) is 19.3 Å². The Labute approximate surface area is 139 Å². The summed E-state index contributed by atoms with van der Waals surface area (Å²) in [5.74, 6) is 0.0759. The SMILES string of the molecule is O=C(COc1ccc2c(c1)CCC2)OCc1ccccc1[N+](=O)[O-]. The molecule has 0 unspecified atom stereocenters. The van der Waals surface area contributed by atoms with Crippen LogP contribution in [0.25, 0.3) is 0 Å². The second-order valence-corrected chi connectivity index (χ2v) is 5.62. The fourth-order valence-corrected chi connectivity index (χ4v) is 2.79. The third-order valence-corrected chi connectivity index (χ3v) is 4.00. The summed E-state index contributed by atoms with van der Waals surface area (Å²) in [6.45, 7) is -0.372. The van der Waals surface area contributed by atoms with E-state index in [1.165, 1.54) is 17.2 Å². The lowest BCUT2D eigenvalue weighted by Crippen LogP contribution is -2.15. The van der Waals surface area contributed by atoms with Gasteiger partial charge in [0.2, 0.25) is 0 Å². The lowest BCUT2D eigenvalue weighted by molar-refractivity contribution is -0.385. The summed E-state index contributed by atoms with van der Waals surface area (Å²) in [5.41, 5.74) is 2.89. The van der Waals surface area contributed by atoms with Crippen LogP contribution in [-0.2, 0) is 29.0 Å². The van der Waals surface area contributed by atoms with E-state index in [2.05, 4.69) is 0 Å². The molecule has 6 nitrogen and oxygen atoms in total. The minimum atomic E-state index is -0.561. The van der Waals surface area contributed by atoms with Crippen LogP contribution >= 0.6 is 0 Å². The van der Waals surface area contributed by atoms with Gasteiger partial charge in [-0.1, -0.05) is 18.2 Å². The fraction of sp³-hybridized carbons (Fsp3) is 0.278. The number of esters is 1. The average Bonchev–Trinajstić information content (AvgIpc) is 3.06. The van der Waals surface area contributed by atoms with Gasteiger partial charge >= 0.3 is 5.97 Å². The van der Waals surface area contributed by atoms with E-state index in [1.807, 2.05) is 18.2 Å². The van der Waals surface area contributed by atoms with Crippen molar-refractivity contribution in [1.82, 2.24) is 0 Å². The molecule has 24 heavy (non-hydrogen) atoms. The van der Waals surface area contributed by atoms with Gasteiger partial charge in [0.15, 0.2) is 6.61 Å². The van der Waals surface area contributed by atoms with Crippen molar-refractivity contribution in [2.75, 3.05) is 6.61 Å². The molecule has 0 amide bonds. The maximum atomic E-state index is 11.8. The zero-order valence-electron chi connectivity index (χ0n) is 13.1. The Bertz CT molecular complexity index is 772. The average molecular weight is 327 g/mol. The number of carbonyl (C=O) groups is 1. The third-order valence-electron chi connectivity index (χ3n) is 4.00. The Morgan fingerprint density at radius 1 is 1.12 bits per heavy atom. The zero-order chi connectivity index (χ0) is 16.9. The van der Waals surface area contributed by atoms with E-state index < -0.39 is 10.9 Å². The molecule has 0 saturated heterocycles. The first-order valence-electron chi connectivity index (χ1n) is 7.76. The molecule has 2 aromatic rings. The number of nitrogens with zero attached hydrogens (tertiary/aromatic N) is 1. The van der Waals surface area contributed by atoms with Crippen LogP contribution in [0.4, 0.5) is 5.69 Å². The van der Waals surface area contributed by atoms with Crippen molar-refractivity contribution >= 4 is 11.7 Å². The van der Waals surface area contributed by atoms with Crippen molar-refractivity contribution in [3.8, 4) is 5.75 Å². The largest absolute Gasteiger partial charge is 0.482 e. The van der Waals surface area contributed by atoms with Gasteiger partial charge in [0, 0.05) is 6.07 Å². The maximum Gasteiger partial charge on any atom is 0.344 e. The van der Waals surface area contributed by atoms with Crippen molar-refractivity contribution in [3.63, 3.8) is 0 Å². The number of aryl methyl sites for hydroxylation is 2. The van der Waals surface area contributed by atoms with Crippen LogP contribution < -0.4 is 4.74 Å². The number of nitro groups is 1. The number of hydrogen-bond donors (Lipinski definition) is 0. The number of hydrogen-bond acceptors (Lipinski definition) is 5. The highest BCUT2D eigenvalue weighted by molar-refractivity contribution is 5.71. The van der Waals surface area contributed by atoms with Crippen LogP contribution in [-0.4, -0.2) is 17.5 Å². The highest BCUT2D eigenvalue weighted by Gasteiger charge is 2.15. The molecule has 124 valence electrons. The zero-order valence-corrected chi connectivity index (χ0v) is 13.1. The van der Waals surface area contributed by atoms with E-state index >= 15 is 0 Å². The number of fused-ring (bicyclic) bond motifs is 1. The predicted octanol–water partition coefficient (Wildman–Crippen LogP) is 3.21. The Balaban J connectivity index is 1.52. The standard InChI is InChI=1S/C18H17NO5/c20-18(24-11-15-4-1-2-7-17(15)19(21)22)12-23-16-9-8-13-5-3-6-14(13)10-16/h1-2,4,7-10H,3,5-6,11-12H2. The van der Waals surface area contributed by atoms with Crippen molar-refractivity contribution in [1.29, 1.82) is 0 Å². The van der Waals surface area contributed by atoms with Gasteiger partial charge in [0.1, 0.15) is 12.4 Å². The molecule has 0 bridgehead atoms. The molecule has 1 aliphatic carbocycles. The number of rotatable bonds is 6. The van der Waals surface area contributed by atoms with Gasteiger partial charge in [-0.25, -0.2) is 4.79 Å². The summed E-state index contributed by atoms with van der Waals surface area (Å²) < 4.78 is 10.5. The Hall–Kier alpha value is -2.89. The van der Waals surface area contributed by atoms with Crippen molar-refractivity contribution in [2.45, 2.75) is 25.9 Å². The van der Waals surface area contributed by atoms with Crippen molar-refractivity contribution < 1.29 is 19.2 Å². The molecule has 0 radical (unpaired) electrons. The molecule has 2 aromatic carbocycles. The summed E-state index contributed by atoms with van der Waals surface area (Å²) in [4.78, 5) is 22.2. The number of benzene rings is 2. The Morgan fingerprint density at radius 3 is 2.75 bits per heavy atom. The molecule has 6 heteroatoms. The smallest absolute Gasteiger partial charge is 0.344 e. The number of nitro benzene ring substituents is 1. The first kappa shape index (κ1) is 16.0. The highest BCUT2D eigenvalue weighted by atomic mass is 16.6. The van der Waals surface area contributed by atoms with Gasteiger partial charge in [-0.15, -0.1) is 0 Å². The van der Waals surface area contributed by atoms with Crippen LogP contribution in [0.1, 0.15) is 23.1 Å². The maximum absolute atomic E-state index is 11.8. The Kier molecular flexibility index (Phi) is 4.74. The second kappa shape index (κ2) is 7.12. The molecule has 0 N–H and O–H groups in total. The van der Waals surface area contributed by atoms with Gasteiger partial charge in [-0.05, 0) is 48.6 Å². The predicted molar refractivity (Wildman–Crippen MR) is 86.9 cm³/mol. The van der Waals surface area contributed by atoms with Gasteiger partial charge in [0.05, 0.1) is 10.5 Å². The van der Waals surface area contributed by atoms with E-state index in [1.54, 1.807) is 18.2 Å². The van der Waals surface area contributed by atoms with Gasteiger partial charge < -0.3 is 9.47 Å². The minimum absolute atomic E-state index is 0.0650. The van der Waals surface area contributed by atoms with Crippen molar-refractivity contribution in [2.24, 2.45) is 0 Å². The van der Waals surface area contributed by atoms with Crippen LogP contribution in [0.15, 0.2) is 42.5 Å². The van der Waals surface area contributed by atoms with Crippen molar-refractivity contribution in [3.05, 3.63) is 69.3 Å². The van der Waals surface area contributed by atoms with E-state index in [0.29, 0.717) is 11.3 Å². The fourth-order valence-electron chi connectivity index (χ4n) is 2.79. The molecule has 0 spiro atoms. The first-order valence-corrected chi connectivity index (χ1v) is 7.76. The molecular weight excluding hydrogens is 310 g/mol. The molecule has 3 rings (SSSR count). The van der Waals surface area contributed by atoms with Crippen LogP contribution in [0, 0.1) is 10.1 Å². The third kappa shape index (κ3) is 3.71. The summed E-state index contributed by atoms with van der Waals surface area (Å²) in [6, 6.07) is 12.0. The monoisotopic (exact) mass is 327 g/mol. The normalized spacial score (nSPS) is 12.5. The molecule has 0 saturated carbocycles. The van der Waals surface area contributed by atoms with Gasteiger partial charge in [0.25, 0.3) is 5.69 Å². The molecule has 1 aliphatic rings. The molecular formula is C18H17NO5. The molecule has 0 aliphatic heterocycles. The Morgan fingerprint density at radius 2 is 1.92 bits per heavy atom.